The third-order valence-corrected chi connectivity index (χ3v) is 2.73. The van der Waals surface area contributed by atoms with Crippen molar-refractivity contribution in [3.63, 3.8) is 0 Å². The average Bonchev–Trinajstić information content (AvgIpc) is 2.27. The van der Waals surface area contributed by atoms with Crippen molar-refractivity contribution in [2.45, 2.75) is 57.8 Å². The highest BCUT2D eigenvalue weighted by Gasteiger charge is 1.90. The molecule has 0 nitrogen and oxygen atoms in total. The summed E-state index contributed by atoms with van der Waals surface area (Å²) >= 11 is 0. The predicted octanol–water partition coefficient (Wildman–Crippen LogP) is 4.63. The number of allylic oxidation sites excluding steroid dienone is 4. The fourth-order valence-electron chi connectivity index (χ4n) is 1.79. The van der Waals surface area contributed by atoms with Gasteiger partial charge in [0.2, 0.25) is 0 Å². The minimum atomic E-state index is 1.19. The first-order valence-corrected chi connectivity index (χ1v) is 6.31. The second-order valence-electron chi connectivity index (χ2n) is 4.15. The molecule has 15 heavy (non-hydrogen) atoms. The van der Waals surface area contributed by atoms with Gasteiger partial charge in [0.25, 0.3) is 0 Å². The SMILES string of the molecule is C1#C/C=C/CCCCCCCCC/C=C/1. The second kappa shape index (κ2) is 9.59. The highest BCUT2D eigenvalue weighted by Crippen LogP contribution is 2.10. The van der Waals surface area contributed by atoms with Crippen LogP contribution in [-0.2, 0) is 0 Å². The van der Waals surface area contributed by atoms with Gasteiger partial charge in [0.1, 0.15) is 0 Å². The van der Waals surface area contributed by atoms with Crippen LogP contribution >= 0.6 is 0 Å². The molecule has 0 aliphatic heterocycles. The molecule has 1 aliphatic rings. The maximum atomic E-state index is 3.04. The van der Waals surface area contributed by atoms with Crippen LogP contribution in [0, 0.1) is 11.8 Å². The predicted molar refractivity (Wildman–Crippen MR) is 67.6 cm³/mol. The standard InChI is InChI=1S/C15H22/c1-2-4-6-8-10-12-14-15-13-11-9-7-5-3-1/h1-2,8,10H,3,5,7,9,11-15H2/b2-1+,10-8+. The van der Waals surface area contributed by atoms with Crippen LogP contribution in [-0.4, -0.2) is 0 Å². The van der Waals surface area contributed by atoms with Crippen LogP contribution in [0.5, 0.6) is 0 Å². The zero-order valence-electron chi connectivity index (χ0n) is 9.67. The van der Waals surface area contributed by atoms with Gasteiger partial charge in [0.15, 0.2) is 0 Å². The lowest BCUT2D eigenvalue weighted by molar-refractivity contribution is 0.584. The first-order chi connectivity index (χ1) is 7.50. The van der Waals surface area contributed by atoms with Gasteiger partial charge in [-0.3, -0.25) is 0 Å². The van der Waals surface area contributed by atoms with Crippen molar-refractivity contribution in [3.8, 4) is 11.8 Å². The maximum Gasteiger partial charge on any atom is -0.0155 e. The molecule has 0 aromatic carbocycles. The van der Waals surface area contributed by atoms with Gasteiger partial charge in [-0.25, -0.2) is 0 Å². The summed E-state index contributed by atoms with van der Waals surface area (Å²) in [6.45, 7) is 0. The lowest BCUT2D eigenvalue weighted by Crippen LogP contribution is -1.80. The quantitative estimate of drug-likeness (QED) is 0.502. The summed E-state index contributed by atoms with van der Waals surface area (Å²) in [6.07, 6.45) is 20.4. The molecule has 0 aromatic rings. The van der Waals surface area contributed by atoms with Gasteiger partial charge in [-0.15, -0.1) is 0 Å². The first-order valence-electron chi connectivity index (χ1n) is 6.31. The summed E-state index contributed by atoms with van der Waals surface area (Å²) in [5.74, 6) is 6.07. The Kier molecular flexibility index (Phi) is 7.74. The van der Waals surface area contributed by atoms with E-state index < -0.39 is 0 Å². The monoisotopic (exact) mass is 202 g/mol. The van der Waals surface area contributed by atoms with Crippen molar-refractivity contribution in [2.75, 3.05) is 0 Å². The molecule has 0 saturated carbocycles. The van der Waals surface area contributed by atoms with Crippen LogP contribution in [0.25, 0.3) is 0 Å². The zero-order chi connectivity index (χ0) is 10.6. The Morgan fingerprint density at radius 2 is 0.933 bits per heavy atom. The molecule has 0 bridgehead atoms. The zero-order valence-corrected chi connectivity index (χ0v) is 9.67. The number of hydrogen-bond acceptors (Lipinski definition) is 0. The van der Waals surface area contributed by atoms with Gasteiger partial charge in [0.05, 0.1) is 0 Å². The lowest BCUT2D eigenvalue weighted by atomic mass is 10.1. The van der Waals surface area contributed by atoms with E-state index in [1.54, 1.807) is 0 Å². The van der Waals surface area contributed by atoms with Crippen LogP contribution in [0.15, 0.2) is 24.3 Å². The fraction of sp³-hybridized carbons (Fsp3) is 0.600. The maximum absolute atomic E-state index is 3.04. The Hall–Kier alpha value is -0.960. The number of hydrogen-bond donors (Lipinski definition) is 0. The molecule has 1 aliphatic carbocycles. The van der Waals surface area contributed by atoms with Gasteiger partial charge in [0, 0.05) is 0 Å². The third-order valence-electron chi connectivity index (χ3n) is 2.73. The molecule has 0 heteroatoms. The van der Waals surface area contributed by atoms with E-state index in [2.05, 4.69) is 24.0 Å². The molecule has 0 radical (unpaired) electrons. The Bertz CT molecular complexity index is 223. The fourth-order valence-corrected chi connectivity index (χ4v) is 1.79. The first kappa shape index (κ1) is 12.1. The summed E-state index contributed by atoms with van der Waals surface area (Å²) in [5, 5.41) is 0. The van der Waals surface area contributed by atoms with Crippen LogP contribution in [0.1, 0.15) is 57.8 Å². The highest BCUT2D eigenvalue weighted by molar-refractivity contribution is 5.23. The number of rotatable bonds is 0. The van der Waals surface area contributed by atoms with E-state index in [0.717, 1.165) is 0 Å². The Balaban J connectivity index is 2.28. The molecule has 0 N–H and O–H groups in total. The van der Waals surface area contributed by atoms with Crippen LogP contribution in [0.2, 0.25) is 0 Å². The molecule has 0 fully saturated rings. The molecule has 0 heterocycles. The Labute approximate surface area is 94.5 Å². The summed E-state index contributed by atoms with van der Waals surface area (Å²) in [4.78, 5) is 0. The Morgan fingerprint density at radius 1 is 0.533 bits per heavy atom. The smallest absolute Gasteiger partial charge is 0.0155 e. The minimum Gasteiger partial charge on any atom is -0.0761 e. The van der Waals surface area contributed by atoms with E-state index in [1.165, 1.54) is 57.8 Å². The third kappa shape index (κ3) is 8.06. The average molecular weight is 202 g/mol. The van der Waals surface area contributed by atoms with E-state index in [9.17, 15) is 0 Å². The molecule has 0 atom stereocenters. The second-order valence-corrected chi connectivity index (χ2v) is 4.15. The molecular formula is C15H22. The molecule has 0 spiro atoms. The van der Waals surface area contributed by atoms with Crippen molar-refractivity contribution in [2.24, 2.45) is 0 Å². The topological polar surface area (TPSA) is 0 Å². The molecule has 82 valence electrons. The van der Waals surface area contributed by atoms with Crippen LogP contribution in [0.3, 0.4) is 0 Å². The Morgan fingerprint density at radius 3 is 1.40 bits per heavy atom. The molecule has 0 saturated heterocycles. The van der Waals surface area contributed by atoms with E-state index in [4.69, 9.17) is 0 Å². The normalized spacial score (nSPS) is 24.0. The highest BCUT2D eigenvalue weighted by atomic mass is 14.0. The van der Waals surface area contributed by atoms with Crippen LogP contribution < -0.4 is 0 Å². The molecular weight excluding hydrogens is 180 g/mol. The van der Waals surface area contributed by atoms with E-state index in [-0.39, 0.29) is 0 Å². The van der Waals surface area contributed by atoms with Gasteiger partial charge in [-0.1, -0.05) is 56.1 Å². The molecule has 0 unspecified atom stereocenters. The van der Waals surface area contributed by atoms with Crippen LogP contribution in [0.4, 0.5) is 0 Å². The van der Waals surface area contributed by atoms with Crippen molar-refractivity contribution < 1.29 is 0 Å². The van der Waals surface area contributed by atoms with Crippen molar-refractivity contribution in [1.82, 2.24) is 0 Å². The molecule has 0 amide bonds. The van der Waals surface area contributed by atoms with E-state index in [0.29, 0.717) is 0 Å². The molecule has 1 rings (SSSR count). The lowest BCUT2D eigenvalue weighted by Gasteiger charge is -1.99. The minimum absolute atomic E-state index is 1.19. The summed E-state index contributed by atoms with van der Waals surface area (Å²) < 4.78 is 0. The van der Waals surface area contributed by atoms with E-state index in [1.807, 2.05) is 12.2 Å². The van der Waals surface area contributed by atoms with Crippen molar-refractivity contribution >= 4 is 0 Å². The van der Waals surface area contributed by atoms with Gasteiger partial charge in [-0.05, 0) is 37.8 Å². The summed E-state index contributed by atoms with van der Waals surface area (Å²) in [5.41, 5.74) is 0. The van der Waals surface area contributed by atoms with Gasteiger partial charge in [-0.2, -0.15) is 0 Å². The summed E-state index contributed by atoms with van der Waals surface area (Å²) in [7, 11) is 0. The van der Waals surface area contributed by atoms with E-state index >= 15 is 0 Å². The summed E-state index contributed by atoms with van der Waals surface area (Å²) in [6, 6.07) is 0. The van der Waals surface area contributed by atoms with Gasteiger partial charge < -0.3 is 0 Å². The molecule has 0 aromatic heterocycles. The largest absolute Gasteiger partial charge is 0.0761 e. The van der Waals surface area contributed by atoms with Crippen molar-refractivity contribution in [1.29, 1.82) is 0 Å². The van der Waals surface area contributed by atoms with Gasteiger partial charge >= 0.3 is 0 Å². The van der Waals surface area contributed by atoms with Crippen molar-refractivity contribution in [3.05, 3.63) is 24.3 Å².